The molecule has 0 saturated carbocycles. The summed E-state index contributed by atoms with van der Waals surface area (Å²) >= 11 is 3.21. The lowest BCUT2D eigenvalue weighted by Crippen LogP contribution is -2.32. The van der Waals surface area contributed by atoms with Crippen molar-refractivity contribution in [3.05, 3.63) is 28.5 Å². The molecule has 0 aliphatic heterocycles. The van der Waals surface area contributed by atoms with Gasteiger partial charge in [-0.3, -0.25) is 4.79 Å². The minimum atomic E-state index is -0.991. The van der Waals surface area contributed by atoms with Crippen LogP contribution in [0.25, 0.3) is 11.4 Å². The Labute approximate surface area is 129 Å². The molecule has 1 N–H and O–H groups in total. The molecule has 2 aromatic rings. The number of carboxylic acids is 1. The highest BCUT2D eigenvalue weighted by atomic mass is 79.9. The number of rotatable bonds is 5. The van der Waals surface area contributed by atoms with E-state index in [0.29, 0.717) is 22.3 Å². The Morgan fingerprint density at radius 3 is 2.76 bits per heavy atom. The van der Waals surface area contributed by atoms with Crippen LogP contribution in [-0.2, 0) is 11.3 Å². The van der Waals surface area contributed by atoms with E-state index in [9.17, 15) is 14.3 Å². The van der Waals surface area contributed by atoms with Crippen molar-refractivity contribution in [2.75, 3.05) is 0 Å². The zero-order valence-corrected chi connectivity index (χ0v) is 13.1. The molecular weight excluding hydrogens is 343 g/mol. The lowest BCUT2D eigenvalue weighted by Gasteiger charge is -2.22. The summed E-state index contributed by atoms with van der Waals surface area (Å²) in [4.78, 5) is 11.4. The third-order valence-corrected chi connectivity index (χ3v) is 3.91. The van der Waals surface area contributed by atoms with Gasteiger partial charge in [0.25, 0.3) is 0 Å². The molecule has 1 aromatic carbocycles. The first-order valence-electron chi connectivity index (χ1n) is 6.32. The van der Waals surface area contributed by atoms with Crippen molar-refractivity contribution in [1.82, 2.24) is 20.2 Å². The van der Waals surface area contributed by atoms with Crippen LogP contribution in [0, 0.1) is 11.2 Å². The van der Waals surface area contributed by atoms with Gasteiger partial charge in [-0.05, 0) is 42.0 Å². The maximum atomic E-state index is 13.5. The molecule has 2 rings (SSSR count). The third kappa shape index (κ3) is 3.26. The van der Waals surface area contributed by atoms with Crippen molar-refractivity contribution in [2.45, 2.75) is 26.8 Å². The number of aliphatic carboxylic acids is 1. The molecule has 0 aliphatic carbocycles. The average Bonchev–Trinajstić information content (AvgIpc) is 2.85. The Bertz CT molecular complexity index is 656. The number of halogens is 2. The van der Waals surface area contributed by atoms with Crippen molar-refractivity contribution < 1.29 is 14.3 Å². The molecule has 1 atom stereocenters. The van der Waals surface area contributed by atoms with Crippen molar-refractivity contribution >= 4 is 21.9 Å². The Morgan fingerprint density at radius 2 is 2.19 bits per heavy atom. The summed E-state index contributed by atoms with van der Waals surface area (Å²) in [6, 6.07) is 4.30. The van der Waals surface area contributed by atoms with E-state index in [1.165, 1.54) is 16.8 Å². The molecule has 1 unspecified atom stereocenters. The highest BCUT2D eigenvalue weighted by Gasteiger charge is 2.33. The van der Waals surface area contributed by atoms with E-state index in [1.807, 2.05) is 0 Å². The normalized spacial score (nSPS) is 13.9. The second kappa shape index (κ2) is 5.88. The van der Waals surface area contributed by atoms with Gasteiger partial charge in [0.05, 0.1) is 12.0 Å². The zero-order chi connectivity index (χ0) is 15.6. The number of carbonyl (C=O) groups is 1. The molecule has 6 nitrogen and oxygen atoms in total. The molecule has 1 heterocycles. The van der Waals surface area contributed by atoms with Gasteiger partial charge in [-0.15, -0.1) is 5.10 Å². The molecule has 1 aromatic heterocycles. The van der Waals surface area contributed by atoms with Crippen LogP contribution in [0.2, 0.25) is 0 Å². The quantitative estimate of drug-likeness (QED) is 0.890. The summed E-state index contributed by atoms with van der Waals surface area (Å²) in [5.41, 5.74) is -0.509. The summed E-state index contributed by atoms with van der Waals surface area (Å²) in [6.07, 6.45) is 0.425. The van der Waals surface area contributed by atoms with Gasteiger partial charge in [-0.1, -0.05) is 22.9 Å². The molecule has 112 valence electrons. The fraction of sp³-hybridized carbons (Fsp3) is 0.385. The van der Waals surface area contributed by atoms with Gasteiger partial charge < -0.3 is 5.11 Å². The van der Waals surface area contributed by atoms with Crippen LogP contribution in [0.1, 0.15) is 20.3 Å². The Hall–Kier alpha value is -1.83. The first-order chi connectivity index (χ1) is 9.85. The molecule has 0 aliphatic rings. The summed E-state index contributed by atoms with van der Waals surface area (Å²) < 4.78 is 15.4. The topological polar surface area (TPSA) is 80.9 Å². The van der Waals surface area contributed by atoms with Gasteiger partial charge >= 0.3 is 5.97 Å². The van der Waals surface area contributed by atoms with E-state index < -0.39 is 17.2 Å². The standard InChI is InChI=1S/C13H14BrFN4O2/c1-3-13(2,12(20)21)7-19-11(16-17-18-19)8-4-9(14)6-10(15)5-8/h4-6H,3,7H2,1-2H3,(H,20,21). The number of aromatic nitrogens is 4. The number of hydrogen-bond donors (Lipinski definition) is 1. The van der Waals surface area contributed by atoms with E-state index in [4.69, 9.17) is 0 Å². The Kier molecular flexibility index (Phi) is 4.36. The van der Waals surface area contributed by atoms with Gasteiger partial charge in [0.1, 0.15) is 5.82 Å². The summed E-state index contributed by atoms with van der Waals surface area (Å²) in [5.74, 6) is -1.02. The predicted octanol–water partition coefficient (Wildman–Crippen LogP) is 2.74. The van der Waals surface area contributed by atoms with Gasteiger partial charge in [0.2, 0.25) is 0 Å². The van der Waals surface area contributed by atoms with E-state index in [1.54, 1.807) is 19.9 Å². The molecule has 0 saturated heterocycles. The van der Waals surface area contributed by atoms with Crippen molar-refractivity contribution in [3.63, 3.8) is 0 Å². The number of hydrogen-bond acceptors (Lipinski definition) is 4. The monoisotopic (exact) mass is 356 g/mol. The second-order valence-electron chi connectivity index (χ2n) is 5.04. The summed E-state index contributed by atoms with van der Waals surface area (Å²) in [6.45, 7) is 3.52. The van der Waals surface area contributed by atoms with Gasteiger partial charge in [0, 0.05) is 10.0 Å². The highest BCUT2D eigenvalue weighted by molar-refractivity contribution is 9.10. The Morgan fingerprint density at radius 1 is 1.48 bits per heavy atom. The zero-order valence-electron chi connectivity index (χ0n) is 11.5. The van der Waals surface area contributed by atoms with Crippen LogP contribution in [0.4, 0.5) is 4.39 Å². The summed E-state index contributed by atoms with van der Waals surface area (Å²) in [7, 11) is 0. The molecule has 8 heteroatoms. The minimum Gasteiger partial charge on any atom is -0.481 e. The molecule has 0 amide bonds. The molecule has 21 heavy (non-hydrogen) atoms. The molecule has 0 spiro atoms. The lowest BCUT2D eigenvalue weighted by atomic mass is 9.88. The third-order valence-electron chi connectivity index (χ3n) is 3.45. The summed E-state index contributed by atoms with van der Waals surface area (Å²) in [5, 5.41) is 20.6. The van der Waals surface area contributed by atoms with Gasteiger partial charge in [-0.2, -0.15) is 0 Å². The maximum absolute atomic E-state index is 13.5. The largest absolute Gasteiger partial charge is 0.481 e. The van der Waals surface area contributed by atoms with Crippen LogP contribution in [-0.4, -0.2) is 31.3 Å². The lowest BCUT2D eigenvalue weighted by molar-refractivity contribution is -0.149. The van der Waals surface area contributed by atoms with Crippen LogP contribution >= 0.6 is 15.9 Å². The second-order valence-corrected chi connectivity index (χ2v) is 5.95. The van der Waals surface area contributed by atoms with Crippen LogP contribution in [0.3, 0.4) is 0 Å². The predicted molar refractivity (Wildman–Crippen MR) is 76.9 cm³/mol. The SMILES string of the molecule is CCC(C)(Cn1nnnc1-c1cc(F)cc(Br)c1)C(=O)O. The van der Waals surface area contributed by atoms with E-state index in [0.717, 1.165) is 0 Å². The number of nitrogens with zero attached hydrogens (tertiary/aromatic N) is 4. The first-order valence-corrected chi connectivity index (χ1v) is 7.11. The maximum Gasteiger partial charge on any atom is 0.311 e. The van der Waals surface area contributed by atoms with Crippen molar-refractivity contribution in [1.29, 1.82) is 0 Å². The van der Waals surface area contributed by atoms with E-state index in [-0.39, 0.29) is 6.54 Å². The minimum absolute atomic E-state index is 0.106. The number of benzene rings is 1. The van der Waals surface area contributed by atoms with Crippen LogP contribution < -0.4 is 0 Å². The first kappa shape index (κ1) is 15.6. The van der Waals surface area contributed by atoms with Gasteiger partial charge in [0.15, 0.2) is 5.82 Å². The van der Waals surface area contributed by atoms with Crippen molar-refractivity contribution in [2.24, 2.45) is 5.41 Å². The fourth-order valence-electron chi connectivity index (χ4n) is 1.86. The van der Waals surface area contributed by atoms with Crippen LogP contribution in [0.5, 0.6) is 0 Å². The average molecular weight is 357 g/mol. The smallest absolute Gasteiger partial charge is 0.311 e. The van der Waals surface area contributed by atoms with E-state index >= 15 is 0 Å². The highest BCUT2D eigenvalue weighted by Crippen LogP contribution is 2.27. The van der Waals surface area contributed by atoms with Gasteiger partial charge in [-0.25, -0.2) is 9.07 Å². The molecular formula is C13H14BrFN4O2. The van der Waals surface area contributed by atoms with E-state index in [2.05, 4.69) is 31.5 Å². The number of tetrazole rings is 1. The number of carboxylic acid groups (broad SMARTS) is 1. The van der Waals surface area contributed by atoms with Crippen LogP contribution in [0.15, 0.2) is 22.7 Å². The van der Waals surface area contributed by atoms with Crippen molar-refractivity contribution in [3.8, 4) is 11.4 Å². The molecule has 0 radical (unpaired) electrons. The molecule has 0 fully saturated rings. The fourth-order valence-corrected chi connectivity index (χ4v) is 2.33. The Balaban J connectivity index is 2.41. The molecule has 0 bridgehead atoms.